The molecular formula is C19H22N4O. The van der Waals surface area contributed by atoms with Crippen molar-refractivity contribution in [3.8, 4) is 0 Å². The predicted octanol–water partition coefficient (Wildman–Crippen LogP) is 4.05. The number of para-hydroxylation sites is 1. The van der Waals surface area contributed by atoms with Crippen LogP contribution in [0.3, 0.4) is 0 Å². The first-order valence-electron chi connectivity index (χ1n) is 8.01. The summed E-state index contributed by atoms with van der Waals surface area (Å²) in [5, 5.41) is 7.62. The molecular weight excluding hydrogens is 300 g/mol. The van der Waals surface area contributed by atoms with Gasteiger partial charge in [0.2, 0.25) is 5.95 Å². The van der Waals surface area contributed by atoms with Gasteiger partial charge in [0.25, 0.3) is 0 Å². The number of fused-ring (bicyclic) bond motifs is 1. The fourth-order valence-corrected chi connectivity index (χ4v) is 2.49. The first kappa shape index (κ1) is 16.2. The summed E-state index contributed by atoms with van der Waals surface area (Å²) in [7, 11) is 1.69. The van der Waals surface area contributed by atoms with Gasteiger partial charge in [0, 0.05) is 24.7 Å². The summed E-state index contributed by atoms with van der Waals surface area (Å²) in [4.78, 5) is 9.25. The van der Waals surface area contributed by atoms with Crippen LogP contribution in [0.1, 0.15) is 11.1 Å². The van der Waals surface area contributed by atoms with Gasteiger partial charge in [-0.25, -0.2) is 4.98 Å². The van der Waals surface area contributed by atoms with Gasteiger partial charge in [-0.1, -0.05) is 18.2 Å². The predicted molar refractivity (Wildman–Crippen MR) is 99.1 cm³/mol. The Morgan fingerprint density at radius 1 is 1.00 bits per heavy atom. The number of methoxy groups -OCH3 is 1. The average Bonchev–Trinajstić information content (AvgIpc) is 2.58. The summed E-state index contributed by atoms with van der Waals surface area (Å²) in [5.41, 5.74) is 4.39. The molecule has 0 radical (unpaired) electrons. The van der Waals surface area contributed by atoms with Gasteiger partial charge in [0.15, 0.2) is 0 Å². The van der Waals surface area contributed by atoms with E-state index in [0.717, 1.165) is 22.4 Å². The molecule has 5 nitrogen and oxygen atoms in total. The highest BCUT2D eigenvalue weighted by molar-refractivity contribution is 5.90. The van der Waals surface area contributed by atoms with Crippen LogP contribution in [0.2, 0.25) is 0 Å². The Hall–Kier alpha value is -2.66. The van der Waals surface area contributed by atoms with Crippen molar-refractivity contribution in [1.82, 2.24) is 9.97 Å². The number of hydrogen-bond acceptors (Lipinski definition) is 5. The maximum absolute atomic E-state index is 5.10. The molecule has 0 aliphatic rings. The van der Waals surface area contributed by atoms with Crippen molar-refractivity contribution >= 4 is 28.4 Å². The molecule has 0 saturated heterocycles. The Kier molecular flexibility index (Phi) is 4.91. The Balaban J connectivity index is 1.93. The molecule has 124 valence electrons. The minimum Gasteiger partial charge on any atom is -0.383 e. The largest absolute Gasteiger partial charge is 0.383 e. The highest BCUT2D eigenvalue weighted by atomic mass is 16.5. The van der Waals surface area contributed by atoms with Crippen LogP contribution >= 0.6 is 0 Å². The summed E-state index contributed by atoms with van der Waals surface area (Å²) >= 11 is 0. The summed E-state index contributed by atoms with van der Waals surface area (Å²) < 4.78 is 5.10. The highest BCUT2D eigenvalue weighted by Gasteiger charge is 2.08. The zero-order valence-corrected chi connectivity index (χ0v) is 14.3. The monoisotopic (exact) mass is 322 g/mol. The maximum atomic E-state index is 5.10. The molecule has 0 amide bonds. The van der Waals surface area contributed by atoms with Crippen LogP contribution < -0.4 is 10.6 Å². The number of ether oxygens (including phenoxy) is 1. The van der Waals surface area contributed by atoms with E-state index in [1.54, 1.807) is 7.11 Å². The van der Waals surface area contributed by atoms with Crippen LogP contribution in [0.25, 0.3) is 10.9 Å². The molecule has 0 fully saturated rings. The normalized spacial score (nSPS) is 10.8. The molecule has 1 heterocycles. The van der Waals surface area contributed by atoms with Gasteiger partial charge in [0.05, 0.1) is 12.1 Å². The van der Waals surface area contributed by atoms with Crippen LogP contribution in [-0.2, 0) is 4.74 Å². The first-order valence-corrected chi connectivity index (χ1v) is 8.01. The van der Waals surface area contributed by atoms with Gasteiger partial charge >= 0.3 is 0 Å². The van der Waals surface area contributed by atoms with E-state index in [4.69, 9.17) is 4.74 Å². The van der Waals surface area contributed by atoms with Crippen LogP contribution in [0, 0.1) is 13.8 Å². The van der Waals surface area contributed by atoms with Crippen molar-refractivity contribution in [1.29, 1.82) is 0 Å². The van der Waals surface area contributed by atoms with E-state index in [1.807, 2.05) is 30.3 Å². The van der Waals surface area contributed by atoms with Crippen molar-refractivity contribution in [3.63, 3.8) is 0 Å². The third-order valence-corrected chi connectivity index (χ3v) is 3.96. The number of anilines is 3. The number of rotatable bonds is 6. The number of nitrogens with one attached hydrogen (secondary N) is 2. The highest BCUT2D eigenvalue weighted by Crippen LogP contribution is 2.24. The molecule has 5 heteroatoms. The molecule has 0 saturated carbocycles. The van der Waals surface area contributed by atoms with E-state index in [0.29, 0.717) is 19.1 Å². The van der Waals surface area contributed by atoms with E-state index in [9.17, 15) is 0 Å². The smallest absolute Gasteiger partial charge is 0.229 e. The summed E-state index contributed by atoms with van der Waals surface area (Å²) in [6.07, 6.45) is 0. The summed E-state index contributed by atoms with van der Waals surface area (Å²) in [6.45, 7) is 5.52. The lowest BCUT2D eigenvalue weighted by molar-refractivity contribution is 0.210. The Bertz CT molecular complexity index is 848. The Morgan fingerprint density at radius 2 is 1.83 bits per heavy atom. The second kappa shape index (κ2) is 7.27. The second-order valence-electron chi connectivity index (χ2n) is 5.76. The van der Waals surface area contributed by atoms with Gasteiger partial charge < -0.3 is 15.4 Å². The molecule has 2 N–H and O–H groups in total. The molecule has 0 spiro atoms. The van der Waals surface area contributed by atoms with Crippen LogP contribution in [0.4, 0.5) is 17.5 Å². The first-order chi connectivity index (χ1) is 11.7. The molecule has 0 unspecified atom stereocenters. The van der Waals surface area contributed by atoms with Crippen molar-refractivity contribution < 1.29 is 4.74 Å². The standard InChI is InChI=1S/C19H22N4O/c1-13-8-9-15(12-14(13)2)21-19-22-17-7-5-4-6-16(17)18(23-19)20-10-11-24-3/h4-9,12H,10-11H2,1-3H3,(H2,20,21,22,23). The number of benzene rings is 2. The SMILES string of the molecule is COCCNc1nc(Nc2ccc(C)c(C)c2)nc2ccccc12. The zero-order chi connectivity index (χ0) is 16.9. The third kappa shape index (κ3) is 3.63. The van der Waals surface area contributed by atoms with Gasteiger partial charge in [-0.3, -0.25) is 0 Å². The minimum absolute atomic E-state index is 0.580. The van der Waals surface area contributed by atoms with E-state index in [2.05, 4.69) is 46.6 Å². The van der Waals surface area contributed by atoms with E-state index in [1.165, 1.54) is 11.1 Å². The van der Waals surface area contributed by atoms with Crippen LogP contribution in [-0.4, -0.2) is 30.2 Å². The lowest BCUT2D eigenvalue weighted by Gasteiger charge is -2.12. The third-order valence-electron chi connectivity index (χ3n) is 3.96. The quantitative estimate of drug-likeness (QED) is 0.671. The van der Waals surface area contributed by atoms with Gasteiger partial charge in [-0.05, 0) is 49.2 Å². The summed E-state index contributed by atoms with van der Waals surface area (Å²) in [6, 6.07) is 14.2. The molecule has 0 bridgehead atoms. The van der Waals surface area contributed by atoms with Crippen molar-refractivity contribution in [2.75, 3.05) is 30.9 Å². The lowest BCUT2D eigenvalue weighted by atomic mass is 10.1. The average molecular weight is 322 g/mol. The molecule has 0 aliphatic carbocycles. The van der Waals surface area contributed by atoms with E-state index in [-0.39, 0.29) is 0 Å². The molecule has 1 aromatic heterocycles. The number of nitrogens with zero attached hydrogens (tertiary/aromatic N) is 2. The van der Waals surface area contributed by atoms with Gasteiger partial charge in [-0.2, -0.15) is 4.98 Å². The van der Waals surface area contributed by atoms with Crippen LogP contribution in [0.15, 0.2) is 42.5 Å². The Morgan fingerprint density at radius 3 is 2.62 bits per heavy atom. The number of hydrogen-bond donors (Lipinski definition) is 2. The van der Waals surface area contributed by atoms with Gasteiger partial charge in [0.1, 0.15) is 5.82 Å². The van der Waals surface area contributed by atoms with Crippen molar-refractivity contribution in [2.24, 2.45) is 0 Å². The molecule has 3 aromatic rings. The van der Waals surface area contributed by atoms with E-state index >= 15 is 0 Å². The lowest BCUT2D eigenvalue weighted by Crippen LogP contribution is -2.10. The molecule has 0 aliphatic heterocycles. The molecule has 2 aromatic carbocycles. The molecule has 0 atom stereocenters. The van der Waals surface area contributed by atoms with E-state index < -0.39 is 0 Å². The van der Waals surface area contributed by atoms with Crippen LogP contribution in [0.5, 0.6) is 0 Å². The maximum Gasteiger partial charge on any atom is 0.229 e. The summed E-state index contributed by atoms with van der Waals surface area (Å²) in [5.74, 6) is 1.39. The molecule has 24 heavy (non-hydrogen) atoms. The fraction of sp³-hybridized carbons (Fsp3) is 0.263. The fourth-order valence-electron chi connectivity index (χ4n) is 2.49. The van der Waals surface area contributed by atoms with Crippen molar-refractivity contribution in [3.05, 3.63) is 53.6 Å². The Labute approximate surface area is 142 Å². The molecule has 3 rings (SSSR count). The minimum atomic E-state index is 0.580. The van der Waals surface area contributed by atoms with Crippen molar-refractivity contribution in [2.45, 2.75) is 13.8 Å². The topological polar surface area (TPSA) is 59.1 Å². The number of aryl methyl sites for hydroxylation is 2. The number of aromatic nitrogens is 2. The van der Waals surface area contributed by atoms with Gasteiger partial charge in [-0.15, -0.1) is 0 Å². The second-order valence-corrected chi connectivity index (χ2v) is 5.76. The zero-order valence-electron chi connectivity index (χ0n) is 14.3.